The fourth-order valence-corrected chi connectivity index (χ4v) is 1.54. The topological polar surface area (TPSA) is 25.8 Å². The zero-order valence-corrected chi connectivity index (χ0v) is 9.93. The average molecular weight is 284 g/mol. The minimum absolute atomic E-state index is 0. The van der Waals surface area contributed by atoms with Crippen LogP contribution < -0.4 is 0 Å². The summed E-state index contributed by atoms with van der Waals surface area (Å²) < 4.78 is 0. The molecule has 0 aromatic carbocycles. The first kappa shape index (κ1) is 12.4. The minimum atomic E-state index is 0. The molecule has 0 amide bonds. The fourth-order valence-electron chi connectivity index (χ4n) is 1.12. The standard InChI is InChI=1S/C10H6Cl2N2.Ni/c11-7-3-1-5-13-9(7)10-8(12)4-2-6-14-10;/h1-6H;. The monoisotopic (exact) mass is 282 g/mol. The number of hydrogen-bond acceptors (Lipinski definition) is 2. The third-order valence-electron chi connectivity index (χ3n) is 1.74. The Morgan fingerprint density at radius 3 is 1.53 bits per heavy atom. The summed E-state index contributed by atoms with van der Waals surface area (Å²) in [6.45, 7) is 0. The largest absolute Gasteiger partial charge is 0.253 e. The first-order valence-electron chi connectivity index (χ1n) is 4.00. The summed E-state index contributed by atoms with van der Waals surface area (Å²) in [4.78, 5) is 8.26. The van der Waals surface area contributed by atoms with Crippen molar-refractivity contribution in [1.29, 1.82) is 0 Å². The molecule has 5 heteroatoms. The number of rotatable bonds is 1. The number of aromatic nitrogens is 2. The van der Waals surface area contributed by atoms with E-state index >= 15 is 0 Å². The molecule has 0 spiro atoms. The van der Waals surface area contributed by atoms with E-state index in [2.05, 4.69) is 9.97 Å². The van der Waals surface area contributed by atoms with Crippen LogP contribution in [0.15, 0.2) is 36.7 Å². The van der Waals surface area contributed by atoms with E-state index in [-0.39, 0.29) is 16.5 Å². The van der Waals surface area contributed by atoms with Gasteiger partial charge in [0.25, 0.3) is 0 Å². The maximum Gasteiger partial charge on any atom is 0.109 e. The molecule has 0 saturated carbocycles. The first-order chi connectivity index (χ1) is 6.79. The number of nitrogens with zero attached hydrogens (tertiary/aromatic N) is 2. The second-order valence-corrected chi connectivity index (χ2v) is 3.48. The van der Waals surface area contributed by atoms with Crippen LogP contribution in [0.5, 0.6) is 0 Å². The van der Waals surface area contributed by atoms with Crippen LogP contribution in [-0.4, -0.2) is 9.97 Å². The number of hydrogen-bond donors (Lipinski definition) is 0. The summed E-state index contributed by atoms with van der Waals surface area (Å²) in [6, 6.07) is 7.05. The Bertz CT molecular complexity index is 419. The van der Waals surface area contributed by atoms with E-state index in [0.29, 0.717) is 21.4 Å². The molecular formula is C10H6Cl2N2Ni. The summed E-state index contributed by atoms with van der Waals surface area (Å²) in [7, 11) is 0. The summed E-state index contributed by atoms with van der Waals surface area (Å²) in [5.74, 6) is 0. The Kier molecular flexibility index (Phi) is 4.53. The van der Waals surface area contributed by atoms with Gasteiger partial charge in [0.15, 0.2) is 0 Å². The van der Waals surface area contributed by atoms with Gasteiger partial charge in [-0.15, -0.1) is 0 Å². The molecule has 0 atom stereocenters. The van der Waals surface area contributed by atoms with Crippen molar-refractivity contribution >= 4 is 23.2 Å². The predicted octanol–water partition coefficient (Wildman–Crippen LogP) is 3.45. The maximum absolute atomic E-state index is 5.97. The first-order valence-corrected chi connectivity index (χ1v) is 4.76. The molecule has 15 heavy (non-hydrogen) atoms. The summed E-state index contributed by atoms with van der Waals surface area (Å²) in [6.07, 6.45) is 3.32. The van der Waals surface area contributed by atoms with Crippen LogP contribution in [0.4, 0.5) is 0 Å². The fraction of sp³-hybridized carbons (Fsp3) is 0. The smallest absolute Gasteiger partial charge is 0.109 e. The van der Waals surface area contributed by atoms with Crippen molar-refractivity contribution in [2.75, 3.05) is 0 Å². The SMILES string of the molecule is Clc1cccnc1-c1ncccc1Cl.[Ni]. The van der Waals surface area contributed by atoms with Gasteiger partial charge in [-0.25, -0.2) is 0 Å². The molecule has 0 aliphatic rings. The molecular weight excluding hydrogens is 278 g/mol. The molecule has 0 unspecified atom stereocenters. The zero-order valence-electron chi connectivity index (χ0n) is 7.43. The van der Waals surface area contributed by atoms with Crippen molar-refractivity contribution in [3.63, 3.8) is 0 Å². The predicted molar refractivity (Wildman–Crippen MR) is 57.5 cm³/mol. The van der Waals surface area contributed by atoms with Crippen LogP contribution in [0.3, 0.4) is 0 Å². The van der Waals surface area contributed by atoms with Gasteiger partial charge in [-0.2, -0.15) is 0 Å². The molecule has 0 aliphatic carbocycles. The van der Waals surface area contributed by atoms with E-state index in [0.717, 1.165) is 0 Å². The third kappa shape index (κ3) is 2.69. The molecule has 2 nitrogen and oxygen atoms in total. The Morgan fingerprint density at radius 2 is 1.20 bits per heavy atom. The zero-order chi connectivity index (χ0) is 9.97. The van der Waals surface area contributed by atoms with Crippen molar-refractivity contribution in [2.45, 2.75) is 0 Å². The quantitative estimate of drug-likeness (QED) is 0.749. The molecule has 0 bridgehead atoms. The van der Waals surface area contributed by atoms with E-state index in [1.165, 1.54) is 0 Å². The molecule has 2 rings (SSSR count). The van der Waals surface area contributed by atoms with Gasteiger partial charge in [0, 0.05) is 28.9 Å². The van der Waals surface area contributed by atoms with Gasteiger partial charge >= 0.3 is 0 Å². The van der Waals surface area contributed by atoms with E-state index in [4.69, 9.17) is 23.2 Å². The Labute approximate surface area is 108 Å². The van der Waals surface area contributed by atoms with Gasteiger partial charge in [0.1, 0.15) is 11.4 Å². The molecule has 80 valence electrons. The van der Waals surface area contributed by atoms with Gasteiger partial charge in [-0.1, -0.05) is 23.2 Å². The van der Waals surface area contributed by atoms with Gasteiger partial charge in [-0.3, -0.25) is 9.97 Å². The summed E-state index contributed by atoms with van der Waals surface area (Å²) in [5.41, 5.74) is 1.22. The van der Waals surface area contributed by atoms with Crippen molar-refractivity contribution < 1.29 is 16.5 Å². The number of halogens is 2. The van der Waals surface area contributed by atoms with Crippen molar-refractivity contribution in [1.82, 2.24) is 9.97 Å². The second-order valence-electron chi connectivity index (χ2n) is 2.67. The molecule has 2 aromatic rings. The van der Waals surface area contributed by atoms with Crippen LogP contribution >= 0.6 is 23.2 Å². The van der Waals surface area contributed by atoms with Crippen molar-refractivity contribution in [2.24, 2.45) is 0 Å². The Hall–Kier alpha value is -0.626. The second kappa shape index (κ2) is 5.46. The van der Waals surface area contributed by atoms with Gasteiger partial charge in [0.05, 0.1) is 10.0 Å². The van der Waals surface area contributed by atoms with Crippen molar-refractivity contribution in [3.8, 4) is 11.4 Å². The molecule has 2 aromatic heterocycles. The maximum atomic E-state index is 5.97. The van der Waals surface area contributed by atoms with E-state index < -0.39 is 0 Å². The van der Waals surface area contributed by atoms with Crippen LogP contribution in [0, 0.1) is 0 Å². The normalized spacial score (nSPS) is 9.47. The molecule has 0 N–H and O–H groups in total. The minimum Gasteiger partial charge on any atom is -0.253 e. The Morgan fingerprint density at radius 1 is 0.800 bits per heavy atom. The van der Waals surface area contributed by atoms with Crippen LogP contribution in [0.2, 0.25) is 10.0 Å². The summed E-state index contributed by atoms with van der Waals surface area (Å²) >= 11 is 11.9. The van der Waals surface area contributed by atoms with Crippen LogP contribution in [0.1, 0.15) is 0 Å². The van der Waals surface area contributed by atoms with E-state index in [1.54, 1.807) is 36.7 Å². The molecule has 0 aliphatic heterocycles. The molecule has 0 saturated heterocycles. The van der Waals surface area contributed by atoms with Crippen LogP contribution in [0.25, 0.3) is 11.4 Å². The molecule has 0 fully saturated rings. The Balaban J connectivity index is 0.00000112. The average Bonchev–Trinajstić information content (AvgIpc) is 2.20. The third-order valence-corrected chi connectivity index (χ3v) is 2.35. The number of pyridine rings is 2. The van der Waals surface area contributed by atoms with Crippen molar-refractivity contribution in [3.05, 3.63) is 46.7 Å². The van der Waals surface area contributed by atoms with Gasteiger partial charge in [-0.05, 0) is 24.3 Å². The van der Waals surface area contributed by atoms with E-state index in [9.17, 15) is 0 Å². The van der Waals surface area contributed by atoms with Crippen LogP contribution in [-0.2, 0) is 16.5 Å². The summed E-state index contributed by atoms with van der Waals surface area (Å²) in [5, 5.41) is 1.10. The van der Waals surface area contributed by atoms with Gasteiger partial charge < -0.3 is 0 Å². The van der Waals surface area contributed by atoms with E-state index in [1.807, 2.05) is 0 Å². The van der Waals surface area contributed by atoms with Gasteiger partial charge in [0.2, 0.25) is 0 Å². The molecule has 2 heterocycles. The molecule has 0 radical (unpaired) electrons.